The van der Waals surface area contributed by atoms with E-state index in [1.165, 1.54) is 6.07 Å². The predicted molar refractivity (Wildman–Crippen MR) is 73.1 cm³/mol. The van der Waals surface area contributed by atoms with Crippen molar-refractivity contribution in [3.63, 3.8) is 0 Å². The van der Waals surface area contributed by atoms with Gasteiger partial charge in [0.25, 0.3) is 0 Å². The quantitative estimate of drug-likeness (QED) is 0.689. The maximum atomic E-state index is 10.9. The van der Waals surface area contributed by atoms with E-state index < -0.39 is 4.92 Å². The zero-order chi connectivity index (χ0) is 13.8. The lowest BCUT2D eigenvalue weighted by molar-refractivity contribution is -0.409. The fourth-order valence-electron chi connectivity index (χ4n) is 1.82. The van der Waals surface area contributed by atoms with E-state index in [0.29, 0.717) is 10.8 Å². The summed E-state index contributed by atoms with van der Waals surface area (Å²) in [6.45, 7) is 1.89. The third-order valence-corrected chi connectivity index (χ3v) is 3.11. The van der Waals surface area contributed by atoms with E-state index in [0.717, 1.165) is 5.56 Å². The number of benzene rings is 1. The highest BCUT2D eigenvalue weighted by Gasteiger charge is 2.23. The second kappa shape index (κ2) is 5.67. The molecule has 0 radical (unpaired) electrons. The van der Waals surface area contributed by atoms with Crippen LogP contribution in [0.2, 0.25) is 5.02 Å². The van der Waals surface area contributed by atoms with E-state index in [1.54, 1.807) is 18.3 Å². The molecule has 0 spiro atoms. The van der Waals surface area contributed by atoms with Gasteiger partial charge in [-0.3, -0.25) is 15.4 Å². The number of hydrogen-bond donors (Lipinski definition) is 1. The first-order valence-electron chi connectivity index (χ1n) is 5.75. The molecule has 0 fully saturated rings. The summed E-state index contributed by atoms with van der Waals surface area (Å²) >= 11 is 6.10. The SMILES string of the molecule is C[C@H](Nc1[nH+]cccc1[N+](=O)[O-])c1ccccc1Cl. The number of nitrogens with one attached hydrogen (secondary N) is 2. The van der Waals surface area contributed by atoms with Gasteiger partial charge in [-0.1, -0.05) is 29.8 Å². The summed E-state index contributed by atoms with van der Waals surface area (Å²) in [7, 11) is 0. The largest absolute Gasteiger partial charge is 0.357 e. The number of pyridine rings is 1. The zero-order valence-corrected chi connectivity index (χ0v) is 11.0. The molecule has 1 aromatic carbocycles. The van der Waals surface area contributed by atoms with Crippen molar-refractivity contribution in [2.75, 3.05) is 5.32 Å². The molecule has 1 atom stereocenters. The average molecular weight is 279 g/mol. The van der Waals surface area contributed by atoms with Crippen LogP contribution in [0.1, 0.15) is 18.5 Å². The Morgan fingerprint density at radius 2 is 2.05 bits per heavy atom. The molecule has 1 heterocycles. The number of aromatic amines is 1. The van der Waals surface area contributed by atoms with Crippen LogP contribution >= 0.6 is 11.6 Å². The van der Waals surface area contributed by atoms with Gasteiger partial charge >= 0.3 is 11.5 Å². The maximum absolute atomic E-state index is 10.9. The van der Waals surface area contributed by atoms with Crippen LogP contribution in [-0.4, -0.2) is 4.92 Å². The molecule has 0 bridgehead atoms. The molecule has 0 unspecified atom stereocenters. The van der Waals surface area contributed by atoms with Gasteiger partial charge in [0.05, 0.1) is 11.1 Å². The third kappa shape index (κ3) is 3.00. The molecule has 0 amide bonds. The lowest BCUT2D eigenvalue weighted by Gasteiger charge is -2.10. The van der Waals surface area contributed by atoms with Crippen LogP contribution in [0.4, 0.5) is 11.5 Å². The Morgan fingerprint density at radius 3 is 2.74 bits per heavy atom. The van der Waals surface area contributed by atoms with Crippen molar-refractivity contribution in [2.24, 2.45) is 0 Å². The predicted octanol–water partition coefficient (Wildman–Crippen LogP) is 3.24. The Hall–Kier alpha value is -2.14. The Balaban J connectivity index is 2.27. The first-order chi connectivity index (χ1) is 9.09. The topological polar surface area (TPSA) is 69.3 Å². The monoisotopic (exact) mass is 278 g/mol. The minimum Gasteiger partial charge on any atom is -0.262 e. The van der Waals surface area contributed by atoms with Gasteiger partial charge < -0.3 is 0 Å². The van der Waals surface area contributed by atoms with Gasteiger partial charge in [-0.05, 0) is 19.1 Å². The molecule has 19 heavy (non-hydrogen) atoms. The molecule has 2 aromatic rings. The van der Waals surface area contributed by atoms with Gasteiger partial charge in [0.2, 0.25) is 0 Å². The Kier molecular flexibility index (Phi) is 3.97. The Labute approximate surface area is 115 Å². The van der Waals surface area contributed by atoms with E-state index in [4.69, 9.17) is 11.6 Å². The summed E-state index contributed by atoms with van der Waals surface area (Å²) in [5.41, 5.74) is 0.886. The van der Waals surface area contributed by atoms with Crippen molar-refractivity contribution < 1.29 is 9.91 Å². The average Bonchev–Trinajstić information content (AvgIpc) is 2.39. The molecule has 0 aliphatic heterocycles. The minimum absolute atomic E-state index is 0.00130. The first kappa shape index (κ1) is 13.3. The molecular weight excluding hydrogens is 266 g/mol. The van der Waals surface area contributed by atoms with Crippen molar-refractivity contribution in [1.82, 2.24) is 0 Å². The van der Waals surface area contributed by atoms with Crippen LogP contribution in [0.5, 0.6) is 0 Å². The molecule has 2 N–H and O–H groups in total. The van der Waals surface area contributed by atoms with Crippen molar-refractivity contribution in [3.8, 4) is 0 Å². The second-order valence-corrected chi connectivity index (χ2v) is 4.48. The summed E-state index contributed by atoms with van der Waals surface area (Å²) in [6, 6.07) is 10.3. The van der Waals surface area contributed by atoms with Crippen LogP contribution in [0.25, 0.3) is 0 Å². The van der Waals surface area contributed by atoms with E-state index in [-0.39, 0.29) is 11.7 Å². The fourth-order valence-corrected chi connectivity index (χ4v) is 2.12. The molecule has 98 valence electrons. The number of anilines is 1. The molecule has 0 saturated heterocycles. The molecule has 1 aromatic heterocycles. The van der Waals surface area contributed by atoms with Gasteiger partial charge in [0.1, 0.15) is 6.04 Å². The molecule has 6 heteroatoms. The highest BCUT2D eigenvalue weighted by atomic mass is 35.5. The molecule has 0 aliphatic rings. The molecule has 0 saturated carbocycles. The van der Waals surface area contributed by atoms with Crippen molar-refractivity contribution in [3.05, 3.63) is 63.3 Å². The number of halogens is 1. The highest BCUT2D eigenvalue weighted by Crippen LogP contribution is 2.27. The van der Waals surface area contributed by atoms with Crippen LogP contribution in [-0.2, 0) is 0 Å². The lowest BCUT2D eigenvalue weighted by Crippen LogP contribution is -2.17. The number of nitrogens with zero attached hydrogens (tertiary/aromatic N) is 1. The van der Waals surface area contributed by atoms with Crippen molar-refractivity contribution >= 4 is 23.1 Å². The summed E-state index contributed by atoms with van der Waals surface area (Å²) in [5, 5.41) is 14.6. The van der Waals surface area contributed by atoms with E-state index in [9.17, 15) is 10.1 Å². The second-order valence-electron chi connectivity index (χ2n) is 4.08. The summed E-state index contributed by atoms with van der Waals surface area (Å²) in [4.78, 5) is 13.3. The third-order valence-electron chi connectivity index (χ3n) is 2.76. The van der Waals surface area contributed by atoms with Gasteiger partial charge in [-0.2, -0.15) is 0 Å². The van der Waals surface area contributed by atoms with Gasteiger partial charge in [-0.25, -0.2) is 4.98 Å². The number of aromatic nitrogens is 1. The van der Waals surface area contributed by atoms with Gasteiger partial charge in [-0.15, -0.1) is 0 Å². The van der Waals surface area contributed by atoms with Gasteiger partial charge in [0.15, 0.2) is 0 Å². The summed E-state index contributed by atoms with van der Waals surface area (Å²) < 4.78 is 0. The zero-order valence-electron chi connectivity index (χ0n) is 10.3. The van der Waals surface area contributed by atoms with E-state index in [1.807, 2.05) is 25.1 Å². The summed E-state index contributed by atoms with van der Waals surface area (Å²) in [6.07, 6.45) is 1.63. The number of nitro groups is 1. The number of rotatable bonds is 4. The standard InChI is InChI=1S/C13H12ClN3O2/c1-9(10-5-2-3-6-11(10)14)16-13-12(17(18)19)7-4-8-15-13/h2-9H,1H3,(H,15,16)/p+1/t9-/m0/s1. The fraction of sp³-hybridized carbons (Fsp3) is 0.154. The molecule has 0 aliphatic carbocycles. The summed E-state index contributed by atoms with van der Waals surface area (Å²) in [5.74, 6) is 0.361. The van der Waals surface area contributed by atoms with E-state index in [2.05, 4.69) is 10.3 Å². The number of H-pyrrole nitrogens is 1. The normalized spacial score (nSPS) is 11.9. The lowest BCUT2D eigenvalue weighted by atomic mass is 10.1. The maximum Gasteiger partial charge on any atom is 0.357 e. The molecular formula is C13H13ClN3O2+. The minimum atomic E-state index is -0.432. The van der Waals surface area contributed by atoms with Crippen LogP contribution in [0, 0.1) is 10.1 Å². The Bertz CT molecular complexity index is 604. The first-order valence-corrected chi connectivity index (χ1v) is 6.13. The highest BCUT2D eigenvalue weighted by molar-refractivity contribution is 6.31. The van der Waals surface area contributed by atoms with Crippen molar-refractivity contribution in [1.29, 1.82) is 0 Å². The number of hydrogen-bond acceptors (Lipinski definition) is 3. The molecule has 5 nitrogen and oxygen atoms in total. The van der Waals surface area contributed by atoms with Crippen LogP contribution in [0.3, 0.4) is 0 Å². The van der Waals surface area contributed by atoms with Gasteiger partial charge in [0, 0.05) is 16.7 Å². The van der Waals surface area contributed by atoms with Crippen LogP contribution < -0.4 is 10.3 Å². The smallest absolute Gasteiger partial charge is 0.262 e. The van der Waals surface area contributed by atoms with E-state index >= 15 is 0 Å². The molecule has 2 rings (SSSR count). The van der Waals surface area contributed by atoms with Crippen LogP contribution in [0.15, 0.2) is 42.6 Å². The Morgan fingerprint density at radius 1 is 1.32 bits per heavy atom. The van der Waals surface area contributed by atoms with Crippen molar-refractivity contribution in [2.45, 2.75) is 13.0 Å².